The summed E-state index contributed by atoms with van der Waals surface area (Å²) in [5.74, 6) is 0.937. The van der Waals surface area contributed by atoms with E-state index in [1.54, 1.807) is 4.90 Å². The maximum absolute atomic E-state index is 12.1. The van der Waals surface area contributed by atoms with E-state index in [0.717, 1.165) is 31.0 Å². The lowest BCUT2D eigenvalue weighted by Crippen LogP contribution is -2.45. The van der Waals surface area contributed by atoms with Gasteiger partial charge in [0.05, 0.1) is 12.6 Å². The molecule has 30 heavy (non-hydrogen) atoms. The summed E-state index contributed by atoms with van der Waals surface area (Å²) in [6, 6.07) is -0.739. The normalized spacial score (nSPS) is 25.7. The van der Waals surface area contributed by atoms with Crippen molar-refractivity contribution >= 4 is 12.1 Å². The predicted octanol–water partition coefficient (Wildman–Crippen LogP) is 1.89. The molecule has 2 unspecified atom stereocenters. The van der Waals surface area contributed by atoms with Gasteiger partial charge in [0.1, 0.15) is 11.6 Å². The number of nitrogens with one attached hydrogen (secondary N) is 1. The van der Waals surface area contributed by atoms with Crippen LogP contribution in [0.15, 0.2) is 4.42 Å². The summed E-state index contributed by atoms with van der Waals surface area (Å²) >= 11 is 0. The smallest absolute Gasteiger partial charge is 0.407 e. The van der Waals surface area contributed by atoms with E-state index in [-0.39, 0.29) is 24.2 Å². The van der Waals surface area contributed by atoms with Crippen molar-refractivity contribution in [3.63, 3.8) is 0 Å². The molecule has 0 aromatic carbocycles. The van der Waals surface area contributed by atoms with Gasteiger partial charge >= 0.3 is 12.1 Å². The van der Waals surface area contributed by atoms with Gasteiger partial charge in [-0.25, -0.2) is 14.7 Å². The molecule has 2 bridgehead atoms. The van der Waals surface area contributed by atoms with Crippen LogP contribution in [-0.2, 0) is 11.3 Å². The number of amides is 3. The first kappa shape index (κ1) is 20.9. The third-order valence-corrected chi connectivity index (χ3v) is 5.78. The van der Waals surface area contributed by atoms with Crippen LogP contribution in [0.3, 0.4) is 0 Å². The summed E-state index contributed by atoms with van der Waals surface area (Å²) in [5, 5.41) is 21.9. The summed E-state index contributed by atoms with van der Waals surface area (Å²) in [6.07, 6.45) is 2.66. The van der Waals surface area contributed by atoms with E-state index in [1.165, 1.54) is 0 Å². The molecule has 3 saturated heterocycles. The number of likely N-dealkylation sites (tertiary alicyclic amines) is 1. The van der Waals surface area contributed by atoms with E-state index in [2.05, 4.69) is 20.4 Å². The maximum atomic E-state index is 12.1. The summed E-state index contributed by atoms with van der Waals surface area (Å²) in [5.41, 5.74) is -0.505. The van der Waals surface area contributed by atoms with Gasteiger partial charge in [-0.2, -0.15) is 0 Å². The van der Waals surface area contributed by atoms with Crippen molar-refractivity contribution in [2.75, 3.05) is 19.6 Å². The molecule has 3 aliphatic heterocycles. The highest BCUT2D eigenvalue weighted by atomic mass is 16.6. The molecule has 0 spiro atoms. The average Bonchev–Trinajstić information content (AvgIpc) is 3.22. The largest absolute Gasteiger partial charge is 0.444 e. The zero-order valence-corrected chi connectivity index (χ0v) is 17.7. The summed E-state index contributed by atoms with van der Waals surface area (Å²) < 4.78 is 11.2. The van der Waals surface area contributed by atoms with Crippen molar-refractivity contribution in [3.05, 3.63) is 11.8 Å². The Labute approximate surface area is 175 Å². The number of urea groups is 1. The van der Waals surface area contributed by atoms with Crippen molar-refractivity contribution in [1.82, 2.24) is 30.4 Å². The van der Waals surface area contributed by atoms with E-state index >= 15 is 0 Å². The lowest BCUT2D eigenvalue weighted by atomic mass is 10.0. The molecule has 3 amide bonds. The van der Waals surface area contributed by atoms with Gasteiger partial charge in [-0.3, -0.25) is 10.1 Å². The van der Waals surface area contributed by atoms with Crippen LogP contribution >= 0.6 is 0 Å². The highest BCUT2D eigenvalue weighted by Gasteiger charge is 2.46. The van der Waals surface area contributed by atoms with E-state index in [4.69, 9.17) is 9.15 Å². The van der Waals surface area contributed by atoms with Crippen LogP contribution in [0.2, 0.25) is 0 Å². The average molecular weight is 422 g/mol. The molecule has 2 N–H and O–H groups in total. The Hall–Kier alpha value is -2.40. The molecular formula is C19H30N6O5. The lowest BCUT2D eigenvalue weighted by Gasteiger charge is -2.32. The number of piperidine rings is 2. The standard InChI is InChI=1S/C19H30N6O5/c1-19(2,3)30-17(26)20-12-6-8-23(9-7-12)11-15-21-22-16(29-15)14-5-4-13-10-24(14)18(27)25(13)28/h12-14,28H,4-11H2,1-3H3,(H,20,26). The molecule has 1 aromatic heterocycles. The fourth-order valence-electron chi connectivity index (χ4n) is 4.27. The second kappa shape index (κ2) is 8.03. The molecule has 0 saturated carbocycles. The molecule has 3 fully saturated rings. The van der Waals surface area contributed by atoms with Gasteiger partial charge in [0.25, 0.3) is 0 Å². The Kier molecular flexibility index (Phi) is 5.58. The molecule has 11 nitrogen and oxygen atoms in total. The van der Waals surface area contributed by atoms with Crippen molar-refractivity contribution in [3.8, 4) is 0 Å². The number of carbonyl (C=O) groups is 2. The van der Waals surface area contributed by atoms with Crippen molar-refractivity contribution < 1.29 is 24.0 Å². The number of rotatable bonds is 4. The molecule has 0 aliphatic carbocycles. The fraction of sp³-hybridized carbons (Fsp3) is 0.789. The Morgan fingerprint density at radius 2 is 1.97 bits per heavy atom. The number of hydroxylamine groups is 2. The molecule has 3 aliphatic rings. The van der Waals surface area contributed by atoms with E-state index in [0.29, 0.717) is 37.7 Å². The van der Waals surface area contributed by atoms with Crippen LogP contribution in [0.25, 0.3) is 0 Å². The van der Waals surface area contributed by atoms with Gasteiger partial charge in [0, 0.05) is 25.7 Å². The topological polar surface area (TPSA) is 124 Å². The highest BCUT2D eigenvalue weighted by molar-refractivity contribution is 5.76. The summed E-state index contributed by atoms with van der Waals surface area (Å²) in [4.78, 5) is 27.9. The Bertz CT molecular complexity index is 785. The van der Waals surface area contributed by atoms with Crippen LogP contribution in [0.5, 0.6) is 0 Å². The first-order valence-corrected chi connectivity index (χ1v) is 10.5. The number of nitrogens with zero attached hydrogens (tertiary/aromatic N) is 5. The van der Waals surface area contributed by atoms with Gasteiger partial charge < -0.3 is 19.4 Å². The number of ether oxygens (including phenoxy) is 1. The monoisotopic (exact) mass is 422 g/mol. The van der Waals surface area contributed by atoms with Gasteiger partial charge in [0.15, 0.2) is 0 Å². The van der Waals surface area contributed by atoms with Gasteiger partial charge in [0.2, 0.25) is 11.8 Å². The quantitative estimate of drug-likeness (QED) is 0.705. The summed E-state index contributed by atoms with van der Waals surface area (Å²) in [7, 11) is 0. The number of hydrogen-bond acceptors (Lipinski definition) is 8. The fourth-order valence-corrected chi connectivity index (χ4v) is 4.27. The molecule has 11 heteroatoms. The first-order valence-electron chi connectivity index (χ1n) is 10.5. The van der Waals surface area contributed by atoms with Gasteiger partial charge in [-0.15, -0.1) is 10.2 Å². The van der Waals surface area contributed by atoms with Gasteiger partial charge in [-0.1, -0.05) is 0 Å². The minimum Gasteiger partial charge on any atom is -0.444 e. The minimum absolute atomic E-state index is 0.0899. The molecule has 4 heterocycles. The van der Waals surface area contributed by atoms with Crippen molar-refractivity contribution in [2.24, 2.45) is 0 Å². The number of aromatic nitrogens is 2. The van der Waals surface area contributed by atoms with E-state index in [1.807, 2.05) is 20.8 Å². The Balaban J connectivity index is 1.26. The molecule has 0 radical (unpaired) electrons. The lowest BCUT2D eigenvalue weighted by molar-refractivity contribution is -0.0584. The maximum Gasteiger partial charge on any atom is 0.407 e. The Morgan fingerprint density at radius 1 is 1.23 bits per heavy atom. The molecule has 1 aromatic rings. The second-order valence-corrected chi connectivity index (χ2v) is 9.26. The zero-order chi connectivity index (χ0) is 21.5. The molecule has 4 rings (SSSR count). The zero-order valence-electron chi connectivity index (χ0n) is 17.7. The van der Waals surface area contributed by atoms with Crippen LogP contribution in [0, 0.1) is 0 Å². The van der Waals surface area contributed by atoms with Crippen LogP contribution in [0.1, 0.15) is 64.3 Å². The molecular weight excluding hydrogens is 392 g/mol. The highest BCUT2D eigenvalue weighted by Crippen LogP contribution is 2.37. The van der Waals surface area contributed by atoms with E-state index in [9.17, 15) is 14.8 Å². The summed E-state index contributed by atoms with van der Waals surface area (Å²) in [6.45, 7) is 8.15. The predicted molar refractivity (Wildman–Crippen MR) is 103 cm³/mol. The third-order valence-electron chi connectivity index (χ3n) is 5.78. The SMILES string of the molecule is CC(C)(C)OC(=O)NC1CCN(Cc2nnc(C3CCC4CN3C(=O)N4O)o2)CC1. The van der Waals surface area contributed by atoms with E-state index < -0.39 is 11.6 Å². The first-order chi connectivity index (χ1) is 14.2. The van der Waals surface area contributed by atoms with Crippen molar-refractivity contribution in [2.45, 2.75) is 76.7 Å². The Morgan fingerprint density at radius 3 is 2.67 bits per heavy atom. The molecule has 2 atom stereocenters. The van der Waals surface area contributed by atoms with Crippen LogP contribution in [-0.4, -0.2) is 79.7 Å². The second-order valence-electron chi connectivity index (χ2n) is 9.26. The minimum atomic E-state index is -0.505. The van der Waals surface area contributed by atoms with Gasteiger partial charge in [-0.05, 0) is 46.5 Å². The third kappa shape index (κ3) is 4.51. The molecule has 166 valence electrons. The van der Waals surface area contributed by atoms with Crippen molar-refractivity contribution in [1.29, 1.82) is 0 Å². The van der Waals surface area contributed by atoms with Crippen LogP contribution < -0.4 is 5.32 Å². The number of hydrogen-bond donors (Lipinski definition) is 2. The number of alkyl carbamates (subject to hydrolysis) is 1. The van der Waals surface area contributed by atoms with Crippen LogP contribution in [0.4, 0.5) is 9.59 Å². The number of carbonyl (C=O) groups excluding carboxylic acids is 2. The number of fused-ring (bicyclic) bond motifs is 2.